The van der Waals surface area contributed by atoms with Crippen molar-refractivity contribution in [3.8, 4) is 0 Å². The van der Waals surface area contributed by atoms with E-state index in [1.165, 1.54) is 0 Å². The number of hydrogen-bond acceptors (Lipinski definition) is 1. The van der Waals surface area contributed by atoms with Gasteiger partial charge in [-0.25, -0.2) is 0 Å². The normalized spacial score (nSPS) is 13.1. The zero-order valence-corrected chi connectivity index (χ0v) is 6.00. The van der Waals surface area contributed by atoms with Crippen LogP contribution < -0.4 is 10.6 Å². The zero-order valence-electron chi connectivity index (χ0n) is 6.00. The Labute approximate surface area is 60.0 Å². The lowest BCUT2D eigenvalue weighted by Gasteiger charge is -1.70. The molecule has 0 aliphatic heterocycles. The monoisotopic (exact) mass is 134 g/mol. The molecule has 0 spiro atoms. The topological polar surface area (TPSA) is 13.1 Å². The standard InChI is InChI=1S/C9H10O/c1-3-4-5-9-6-7-10-8(9)2/h3-7H,2H2,1H3/b4-3-,9-5-. The van der Waals surface area contributed by atoms with Crippen LogP contribution in [0.4, 0.5) is 0 Å². The first-order valence-electron chi connectivity index (χ1n) is 3.20. The van der Waals surface area contributed by atoms with E-state index in [0.29, 0.717) is 0 Å². The molecule has 1 aromatic rings. The van der Waals surface area contributed by atoms with Gasteiger partial charge in [0.2, 0.25) is 0 Å². The molecule has 0 amide bonds. The van der Waals surface area contributed by atoms with Gasteiger partial charge in [-0.15, -0.1) is 0 Å². The van der Waals surface area contributed by atoms with E-state index in [2.05, 4.69) is 6.58 Å². The minimum Gasteiger partial charge on any atom is -0.465 e. The predicted octanol–water partition coefficient (Wildman–Crippen LogP) is 1.05. The van der Waals surface area contributed by atoms with Crippen molar-refractivity contribution in [1.29, 1.82) is 0 Å². The Bertz CT molecular complexity index is 317. The third-order valence-corrected chi connectivity index (χ3v) is 1.25. The average molecular weight is 134 g/mol. The highest BCUT2D eigenvalue weighted by Gasteiger charge is 1.79. The summed E-state index contributed by atoms with van der Waals surface area (Å²) in [7, 11) is 0. The van der Waals surface area contributed by atoms with E-state index in [9.17, 15) is 0 Å². The van der Waals surface area contributed by atoms with E-state index in [1.807, 2.05) is 31.2 Å². The van der Waals surface area contributed by atoms with Gasteiger partial charge in [0.15, 0.2) is 0 Å². The lowest BCUT2D eigenvalue weighted by molar-refractivity contribution is 0.533. The van der Waals surface area contributed by atoms with Gasteiger partial charge < -0.3 is 4.42 Å². The van der Waals surface area contributed by atoms with E-state index < -0.39 is 0 Å². The number of allylic oxidation sites excluding steroid dienone is 2. The van der Waals surface area contributed by atoms with Gasteiger partial charge >= 0.3 is 0 Å². The summed E-state index contributed by atoms with van der Waals surface area (Å²) in [5, 5.41) is 1.04. The molecule has 0 unspecified atom stereocenters. The van der Waals surface area contributed by atoms with Crippen molar-refractivity contribution in [3.63, 3.8) is 0 Å². The first-order chi connectivity index (χ1) is 4.84. The van der Waals surface area contributed by atoms with Crippen LogP contribution in [0.3, 0.4) is 0 Å². The summed E-state index contributed by atoms with van der Waals surface area (Å²) in [5.41, 5.74) is 0.720. The maximum Gasteiger partial charge on any atom is 0.126 e. The summed E-state index contributed by atoms with van der Waals surface area (Å²) >= 11 is 0. The van der Waals surface area contributed by atoms with Crippen LogP contribution in [0.5, 0.6) is 0 Å². The Morgan fingerprint density at radius 1 is 1.60 bits per heavy atom. The molecule has 1 aromatic heterocycles. The van der Waals surface area contributed by atoms with Crippen LogP contribution in [0.1, 0.15) is 6.92 Å². The highest BCUT2D eigenvalue weighted by Crippen LogP contribution is 1.72. The molecule has 0 aromatic carbocycles. The molecule has 0 aliphatic rings. The van der Waals surface area contributed by atoms with Gasteiger partial charge in [0, 0.05) is 5.22 Å². The predicted molar refractivity (Wildman–Crippen MR) is 42.8 cm³/mol. The van der Waals surface area contributed by atoms with Gasteiger partial charge in [-0.2, -0.15) is 0 Å². The van der Waals surface area contributed by atoms with Crippen LogP contribution in [0.2, 0.25) is 0 Å². The minimum atomic E-state index is 0.720. The van der Waals surface area contributed by atoms with E-state index in [1.54, 1.807) is 6.26 Å². The summed E-state index contributed by atoms with van der Waals surface area (Å²) in [6.07, 6.45) is 7.52. The lowest BCUT2D eigenvalue weighted by atomic mass is 10.4. The molecule has 52 valence electrons. The highest BCUT2D eigenvalue weighted by atomic mass is 16.3. The third-order valence-electron chi connectivity index (χ3n) is 1.25. The fourth-order valence-electron chi connectivity index (χ4n) is 0.699. The summed E-state index contributed by atoms with van der Waals surface area (Å²) in [6, 6.07) is 1.89. The first kappa shape index (κ1) is 6.87. The molecule has 0 bridgehead atoms. The molecule has 1 heteroatoms. The summed E-state index contributed by atoms with van der Waals surface area (Å²) in [4.78, 5) is 0. The zero-order chi connectivity index (χ0) is 7.40. The van der Waals surface area contributed by atoms with Crippen molar-refractivity contribution in [1.82, 2.24) is 0 Å². The SMILES string of the molecule is C=c1occ/c1=C/C=C\C. The van der Waals surface area contributed by atoms with Gasteiger partial charge in [0.1, 0.15) is 5.42 Å². The largest absolute Gasteiger partial charge is 0.465 e. The number of rotatable bonds is 1. The van der Waals surface area contributed by atoms with Crippen LogP contribution >= 0.6 is 0 Å². The van der Waals surface area contributed by atoms with E-state index >= 15 is 0 Å². The van der Waals surface area contributed by atoms with Crippen molar-refractivity contribution in [2.24, 2.45) is 0 Å². The highest BCUT2D eigenvalue weighted by molar-refractivity contribution is 5.35. The van der Waals surface area contributed by atoms with Gasteiger partial charge in [-0.05, 0) is 13.0 Å². The molecule has 0 aliphatic carbocycles. The van der Waals surface area contributed by atoms with Crippen LogP contribution in [-0.4, -0.2) is 0 Å². The lowest BCUT2D eigenvalue weighted by Crippen LogP contribution is -2.16. The van der Waals surface area contributed by atoms with Crippen molar-refractivity contribution in [3.05, 3.63) is 35.1 Å². The second-order valence-corrected chi connectivity index (χ2v) is 1.99. The van der Waals surface area contributed by atoms with Crippen molar-refractivity contribution in [2.75, 3.05) is 0 Å². The minimum absolute atomic E-state index is 0.720. The first-order valence-corrected chi connectivity index (χ1v) is 3.20. The molecule has 1 heterocycles. The smallest absolute Gasteiger partial charge is 0.126 e. The van der Waals surface area contributed by atoms with Gasteiger partial charge in [0.05, 0.1) is 6.26 Å². The van der Waals surface area contributed by atoms with Gasteiger partial charge in [-0.3, -0.25) is 0 Å². The van der Waals surface area contributed by atoms with E-state index in [-0.39, 0.29) is 0 Å². The average Bonchev–Trinajstić information content (AvgIpc) is 2.31. The Morgan fingerprint density at radius 2 is 2.40 bits per heavy atom. The van der Waals surface area contributed by atoms with Crippen LogP contribution in [0.25, 0.3) is 12.7 Å². The Kier molecular flexibility index (Phi) is 2.11. The fourth-order valence-corrected chi connectivity index (χ4v) is 0.699. The molecule has 1 rings (SSSR count). The Balaban J connectivity index is 3.16. The quantitative estimate of drug-likeness (QED) is 0.559. The molecule has 0 N–H and O–H groups in total. The second kappa shape index (κ2) is 3.06. The fraction of sp³-hybridized carbons (Fsp3) is 0.111. The summed E-state index contributed by atoms with van der Waals surface area (Å²) in [5.74, 6) is 0. The maximum atomic E-state index is 4.99. The maximum absolute atomic E-state index is 4.99. The van der Waals surface area contributed by atoms with Gasteiger partial charge in [-0.1, -0.05) is 24.8 Å². The number of furan rings is 1. The second-order valence-electron chi connectivity index (χ2n) is 1.99. The Morgan fingerprint density at radius 3 is 2.90 bits per heavy atom. The van der Waals surface area contributed by atoms with Crippen LogP contribution in [-0.2, 0) is 0 Å². The molecule has 0 radical (unpaired) electrons. The molecule has 0 atom stereocenters. The van der Waals surface area contributed by atoms with E-state index in [4.69, 9.17) is 4.42 Å². The van der Waals surface area contributed by atoms with E-state index in [0.717, 1.165) is 10.6 Å². The molecular weight excluding hydrogens is 124 g/mol. The van der Waals surface area contributed by atoms with Crippen molar-refractivity contribution < 1.29 is 4.42 Å². The van der Waals surface area contributed by atoms with Crippen molar-refractivity contribution in [2.45, 2.75) is 6.92 Å². The summed E-state index contributed by atoms with van der Waals surface area (Å²) < 4.78 is 4.99. The molecule has 1 nitrogen and oxygen atoms in total. The van der Waals surface area contributed by atoms with Gasteiger partial charge in [0.25, 0.3) is 0 Å². The summed E-state index contributed by atoms with van der Waals surface area (Å²) in [6.45, 7) is 5.67. The third kappa shape index (κ3) is 1.38. The molecule has 0 saturated carbocycles. The van der Waals surface area contributed by atoms with Crippen LogP contribution in [0, 0.1) is 0 Å². The number of hydrogen-bond donors (Lipinski definition) is 0. The van der Waals surface area contributed by atoms with Crippen molar-refractivity contribution >= 4 is 12.7 Å². The Hall–Kier alpha value is -1.24. The molecule has 0 fully saturated rings. The molecule has 0 saturated heterocycles. The van der Waals surface area contributed by atoms with Crippen LogP contribution in [0.15, 0.2) is 28.9 Å². The molecule has 10 heavy (non-hydrogen) atoms. The molecular formula is C9H10O.